The Morgan fingerprint density at radius 2 is 2.30 bits per heavy atom. The van der Waals surface area contributed by atoms with Crippen molar-refractivity contribution in [1.29, 1.82) is 0 Å². The lowest BCUT2D eigenvalue weighted by Gasteiger charge is -1.77. The lowest BCUT2D eigenvalue weighted by atomic mass is 10.8. The van der Waals surface area contributed by atoms with E-state index in [2.05, 4.69) is 10.6 Å². The lowest BCUT2D eigenvalue weighted by Crippen LogP contribution is -2.04. The van der Waals surface area contributed by atoms with Crippen molar-refractivity contribution in [2.75, 3.05) is 24.1 Å². The fraction of sp³-hybridized carbons (Fsp3) is 0.667. The van der Waals surface area contributed by atoms with Gasteiger partial charge in [-0.1, -0.05) is 0 Å². The molecule has 2 aliphatic rings. The molecule has 0 radical (unpaired) electrons. The van der Waals surface area contributed by atoms with E-state index < -0.39 is 0 Å². The summed E-state index contributed by atoms with van der Waals surface area (Å²) >= 11 is 3.75. The standard InChI is InChI=1S/C3H7NS.C3H5NS/c2*1-2-5-3-4-1/h4H,1-3H2;1-2,4H,3H2. The zero-order valence-corrected chi connectivity index (χ0v) is 7.43. The Kier molecular flexibility index (Phi) is 4.93. The second-order valence-electron chi connectivity index (χ2n) is 1.87. The van der Waals surface area contributed by atoms with Gasteiger partial charge in [-0.25, -0.2) is 0 Å². The first-order valence-corrected chi connectivity index (χ1v) is 5.49. The van der Waals surface area contributed by atoms with Crippen molar-refractivity contribution in [3.05, 3.63) is 11.6 Å². The zero-order valence-electron chi connectivity index (χ0n) is 5.80. The summed E-state index contributed by atoms with van der Waals surface area (Å²) in [5.74, 6) is 3.53. The third kappa shape index (κ3) is 4.09. The summed E-state index contributed by atoms with van der Waals surface area (Å²) in [5.41, 5.74) is 0. The maximum absolute atomic E-state index is 3.19. The quantitative estimate of drug-likeness (QED) is 0.576. The molecule has 0 aliphatic carbocycles. The summed E-state index contributed by atoms with van der Waals surface area (Å²) in [7, 11) is 0. The molecule has 0 unspecified atom stereocenters. The van der Waals surface area contributed by atoms with Gasteiger partial charge in [0.15, 0.2) is 0 Å². The van der Waals surface area contributed by atoms with Crippen LogP contribution in [0.4, 0.5) is 0 Å². The van der Waals surface area contributed by atoms with Crippen molar-refractivity contribution in [1.82, 2.24) is 10.6 Å². The molecule has 2 nitrogen and oxygen atoms in total. The molecule has 0 amide bonds. The highest BCUT2D eigenvalue weighted by Crippen LogP contribution is 2.02. The van der Waals surface area contributed by atoms with Crippen LogP contribution in [-0.4, -0.2) is 24.1 Å². The second-order valence-corrected chi connectivity index (χ2v) is 3.87. The molecular formula is C6H12N2S2. The van der Waals surface area contributed by atoms with Crippen LogP contribution in [0.1, 0.15) is 0 Å². The SMILES string of the molecule is C1=CSCN1.C1CSCN1. The molecule has 4 heteroatoms. The Bertz CT molecular complexity index is 88.3. The molecule has 1 saturated heterocycles. The maximum Gasteiger partial charge on any atom is 0.0646 e. The first kappa shape index (κ1) is 8.30. The molecule has 10 heavy (non-hydrogen) atoms. The van der Waals surface area contributed by atoms with Crippen LogP contribution in [0.2, 0.25) is 0 Å². The molecule has 0 aromatic heterocycles. The predicted octanol–water partition coefficient (Wildman–Crippen LogP) is 1.03. The van der Waals surface area contributed by atoms with E-state index in [1.165, 1.54) is 18.2 Å². The van der Waals surface area contributed by atoms with E-state index in [9.17, 15) is 0 Å². The topological polar surface area (TPSA) is 24.1 Å². The Balaban J connectivity index is 0.0000001000. The van der Waals surface area contributed by atoms with Crippen molar-refractivity contribution in [2.45, 2.75) is 0 Å². The van der Waals surface area contributed by atoms with Crippen LogP contribution in [0.15, 0.2) is 11.6 Å². The van der Waals surface area contributed by atoms with Gasteiger partial charge in [0.2, 0.25) is 0 Å². The number of rotatable bonds is 0. The summed E-state index contributed by atoms with van der Waals surface area (Å²) in [4.78, 5) is 0. The average molecular weight is 176 g/mol. The minimum atomic E-state index is 1.06. The molecule has 2 aliphatic heterocycles. The van der Waals surface area contributed by atoms with E-state index in [1.807, 2.05) is 23.4 Å². The fourth-order valence-electron chi connectivity index (χ4n) is 0.601. The van der Waals surface area contributed by atoms with E-state index in [4.69, 9.17) is 0 Å². The van der Waals surface area contributed by atoms with Crippen LogP contribution in [0.3, 0.4) is 0 Å². The second kappa shape index (κ2) is 5.95. The molecule has 0 bridgehead atoms. The van der Waals surface area contributed by atoms with Crippen molar-refractivity contribution in [3.8, 4) is 0 Å². The number of hydrogen-bond acceptors (Lipinski definition) is 4. The van der Waals surface area contributed by atoms with Gasteiger partial charge in [0, 0.05) is 24.4 Å². The van der Waals surface area contributed by atoms with Gasteiger partial charge in [0.05, 0.1) is 5.88 Å². The van der Waals surface area contributed by atoms with Gasteiger partial charge in [0.25, 0.3) is 0 Å². The van der Waals surface area contributed by atoms with E-state index in [1.54, 1.807) is 11.8 Å². The number of thioether (sulfide) groups is 2. The molecule has 58 valence electrons. The van der Waals surface area contributed by atoms with Crippen LogP contribution >= 0.6 is 23.5 Å². The summed E-state index contributed by atoms with van der Waals surface area (Å²) in [5, 5.41) is 8.23. The molecule has 2 heterocycles. The summed E-state index contributed by atoms with van der Waals surface area (Å²) in [6.07, 6.45) is 1.95. The average Bonchev–Trinajstić information content (AvgIpc) is 2.67. The molecule has 0 atom stereocenters. The molecule has 0 saturated carbocycles. The molecule has 2 rings (SSSR count). The lowest BCUT2D eigenvalue weighted by molar-refractivity contribution is 0.885. The Labute approximate surface area is 70.2 Å². The summed E-state index contributed by atoms with van der Waals surface area (Å²) < 4.78 is 0. The van der Waals surface area contributed by atoms with E-state index in [-0.39, 0.29) is 0 Å². The van der Waals surface area contributed by atoms with Crippen molar-refractivity contribution >= 4 is 23.5 Å². The Morgan fingerprint density at radius 3 is 2.50 bits per heavy atom. The normalized spacial score (nSPS) is 21.6. The van der Waals surface area contributed by atoms with Crippen LogP contribution in [0, 0.1) is 0 Å². The van der Waals surface area contributed by atoms with Gasteiger partial charge < -0.3 is 10.6 Å². The third-order valence-electron chi connectivity index (χ3n) is 1.08. The molecule has 1 fully saturated rings. The first-order valence-electron chi connectivity index (χ1n) is 3.28. The highest BCUT2D eigenvalue weighted by molar-refractivity contribution is 8.02. The van der Waals surface area contributed by atoms with E-state index in [0.717, 1.165) is 5.88 Å². The minimum Gasteiger partial charge on any atom is -0.381 e. The monoisotopic (exact) mass is 176 g/mol. The van der Waals surface area contributed by atoms with Crippen LogP contribution in [0.25, 0.3) is 0 Å². The molecule has 0 aromatic carbocycles. The smallest absolute Gasteiger partial charge is 0.0646 e. The van der Waals surface area contributed by atoms with Gasteiger partial charge in [-0.2, -0.15) is 0 Å². The third-order valence-corrected chi connectivity index (χ3v) is 2.64. The summed E-state index contributed by atoms with van der Waals surface area (Å²) in [6.45, 7) is 1.21. The van der Waals surface area contributed by atoms with Crippen LogP contribution in [0.5, 0.6) is 0 Å². The van der Waals surface area contributed by atoms with Gasteiger partial charge in [0.1, 0.15) is 0 Å². The van der Waals surface area contributed by atoms with E-state index >= 15 is 0 Å². The highest BCUT2D eigenvalue weighted by Gasteiger charge is 1.93. The molecule has 0 spiro atoms. The molecular weight excluding hydrogens is 164 g/mol. The Morgan fingerprint density at radius 1 is 1.30 bits per heavy atom. The van der Waals surface area contributed by atoms with Gasteiger partial charge in [-0.15, -0.1) is 23.5 Å². The molecule has 2 N–H and O–H groups in total. The van der Waals surface area contributed by atoms with Gasteiger partial charge >= 0.3 is 0 Å². The maximum atomic E-state index is 3.19. The minimum absolute atomic E-state index is 1.06. The van der Waals surface area contributed by atoms with Crippen LogP contribution < -0.4 is 10.6 Å². The highest BCUT2D eigenvalue weighted by atomic mass is 32.2. The zero-order chi connectivity index (χ0) is 7.07. The van der Waals surface area contributed by atoms with Gasteiger partial charge in [-0.05, 0) is 5.41 Å². The van der Waals surface area contributed by atoms with Crippen LogP contribution in [-0.2, 0) is 0 Å². The Hall–Kier alpha value is 0.200. The largest absolute Gasteiger partial charge is 0.381 e. The van der Waals surface area contributed by atoms with Crippen molar-refractivity contribution < 1.29 is 0 Å². The predicted molar refractivity (Wildman–Crippen MR) is 50.1 cm³/mol. The summed E-state index contributed by atoms with van der Waals surface area (Å²) in [6, 6.07) is 0. The van der Waals surface area contributed by atoms with E-state index in [0.29, 0.717) is 0 Å². The first-order chi connectivity index (χ1) is 5.00. The number of hydrogen-bond donors (Lipinski definition) is 2. The van der Waals surface area contributed by atoms with Gasteiger partial charge in [-0.3, -0.25) is 0 Å². The van der Waals surface area contributed by atoms with Crippen molar-refractivity contribution in [2.24, 2.45) is 0 Å². The number of nitrogens with one attached hydrogen (secondary N) is 2. The fourth-order valence-corrected chi connectivity index (χ4v) is 1.80. The van der Waals surface area contributed by atoms with Crippen molar-refractivity contribution in [3.63, 3.8) is 0 Å². The molecule has 0 aromatic rings.